The van der Waals surface area contributed by atoms with Crippen LogP contribution in [0.25, 0.3) is 0 Å². The van der Waals surface area contributed by atoms with E-state index in [1.54, 1.807) is 6.08 Å². The van der Waals surface area contributed by atoms with Gasteiger partial charge in [0.1, 0.15) is 0 Å². The van der Waals surface area contributed by atoms with Gasteiger partial charge in [0, 0.05) is 6.08 Å². The molecule has 0 bridgehead atoms. The molecule has 1 amide bonds. The first-order valence-electron chi connectivity index (χ1n) is 3.85. The second kappa shape index (κ2) is 7.13. The van der Waals surface area contributed by atoms with E-state index in [0.29, 0.717) is 12.8 Å². The summed E-state index contributed by atoms with van der Waals surface area (Å²) in [4.78, 5) is 10.2. The summed E-state index contributed by atoms with van der Waals surface area (Å²) in [7, 11) is 0. The molecule has 0 aromatic heterocycles. The highest BCUT2D eigenvalue weighted by atomic mass is 16.4. The Morgan fingerprint density at radius 3 is 2.85 bits per heavy atom. The molecule has 1 unspecified atom stereocenters. The summed E-state index contributed by atoms with van der Waals surface area (Å²) in [5.74, 6) is 0. The van der Waals surface area contributed by atoms with Gasteiger partial charge in [-0.2, -0.15) is 5.26 Å². The van der Waals surface area contributed by atoms with Gasteiger partial charge in [-0.3, -0.25) is 0 Å². The van der Waals surface area contributed by atoms with Crippen LogP contribution in [0.4, 0.5) is 4.79 Å². The normalized spacial score (nSPS) is 12.3. The number of aliphatic hydroxyl groups is 1. The molecule has 5 heteroatoms. The zero-order chi connectivity index (χ0) is 10.1. The minimum Gasteiger partial charge on any atom is -0.465 e. The monoisotopic (exact) mass is 184 g/mol. The van der Waals surface area contributed by atoms with Crippen molar-refractivity contribution < 1.29 is 15.0 Å². The van der Waals surface area contributed by atoms with Gasteiger partial charge in [-0.25, -0.2) is 4.79 Å². The zero-order valence-electron chi connectivity index (χ0n) is 7.10. The fourth-order valence-electron chi connectivity index (χ4n) is 0.817. The van der Waals surface area contributed by atoms with Crippen LogP contribution in [0.2, 0.25) is 0 Å². The molecular formula is C8H12N2O3. The highest BCUT2D eigenvalue weighted by molar-refractivity contribution is 5.64. The van der Waals surface area contributed by atoms with E-state index >= 15 is 0 Å². The Morgan fingerprint density at radius 2 is 2.38 bits per heavy atom. The number of carboxylic acid groups (broad SMARTS) is 1. The molecule has 0 fully saturated rings. The molecule has 72 valence electrons. The van der Waals surface area contributed by atoms with Crippen LogP contribution in [0.1, 0.15) is 12.8 Å². The van der Waals surface area contributed by atoms with Crippen molar-refractivity contribution in [3.63, 3.8) is 0 Å². The predicted molar refractivity (Wildman–Crippen MR) is 46.0 cm³/mol. The van der Waals surface area contributed by atoms with Gasteiger partial charge in [0.05, 0.1) is 18.7 Å². The lowest BCUT2D eigenvalue weighted by Crippen LogP contribution is -2.36. The van der Waals surface area contributed by atoms with Gasteiger partial charge in [0.15, 0.2) is 0 Å². The fraction of sp³-hybridized carbons (Fsp3) is 0.500. The van der Waals surface area contributed by atoms with Crippen LogP contribution < -0.4 is 5.32 Å². The molecule has 0 aliphatic rings. The highest BCUT2D eigenvalue weighted by Crippen LogP contribution is 1.97. The van der Waals surface area contributed by atoms with Crippen molar-refractivity contribution >= 4 is 6.09 Å². The van der Waals surface area contributed by atoms with E-state index in [-0.39, 0.29) is 6.61 Å². The summed E-state index contributed by atoms with van der Waals surface area (Å²) < 4.78 is 0. The number of hydrogen-bond acceptors (Lipinski definition) is 3. The molecule has 0 saturated heterocycles. The third-order valence-electron chi connectivity index (χ3n) is 1.42. The summed E-state index contributed by atoms with van der Waals surface area (Å²) in [6.45, 7) is -0.229. The lowest BCUT2D eigenvalue weighted by atomic mass is 10.1. The first-order valence-corrected chi connectivity index (χ1v) is 3.85. The predicted octanol–water partition coefficient (Wildman–Crippen LogP) is 0.475. The van der Waals surface area contributed by atoms with Gasteiger partial charge in [0.25, 0.3) is 0 Å². The molecule has 0 rings (SSSR count). The average molecular weight is 184 g/mol. The summed E-state index contributed by atoms with van der Waals surface area (Å²) in [5, 5.41) is 27.3. The van der Waals surface area contributed by atoms with Gasteiger partial charge >= 0.3 is 6.09 Å². The Morgan fingerprint density at radius 1 is 1.69 bits per heavy atom. The molecule has 0 aromatic carbocycles. The van der Waals surface area contributed by atoms with E-state index in [1.165, 1.54) is 6.08 Å². The van der Waals surface area contributed by atoms with Gasteiger partial charge in [-0.15, -0.1) is 0 Å². The van der Waals surface area contributed by atoms with Crippen molar-refractivity contribution in [2.75, 3.05) is 6.61 Å². The fourth-order valence-corrected chi connectivity index (χ4v) is 0.817. The number of nitriles is 1. The lowest BCUT2D eigenvalue weighted by molar-refractivity contribution is 0.175. The van der Waals surface area contributed by atoms with Crippen molar-refractivity contribution in [3.8, 4) is 6.07 Å². The van der Waals surface area contributed by atoms with Crippen molar-refractivity contribution in [3.05, 3.63) is 12.2 Å². The molecule has 0 heterocycles. The number of hydrogen-bond donors (Lipinski definition) is 3. The Bertz CT molecular complexity index is 220. The summed E-state index contributed by atoms with van der Waals surface area (Å²) in [5.41, 5.74) is 0. The molecule has 0 spiro atoms. The minimum absolute atomic E-state index is 0.229. The van der Waals surface area contributed by atoms with Crippen LogP contribution in [0.15, 0.2) is 12.2 Å². The molecule has 0 radical (unpaired) electrons. The molecule has 0 aliphatic carbocycles. The quantitative estimate of drug-likeness (QED) is 0.541. The van der Waals surface area contributed by atoms with E-state index in [0.717, 1.165) is 0 Å². The first kappa shape index (κ1) is 11.5. The summed E-state index contributed by atoms with van der Waals surface area (Å²) >= 11 is 0. The van der Waals surface area contributed by atoms with E-state index in [9.17, 15) is 4.79 Å². The number of rotatable bonds is 5. The number of nitrogens with zero attached hydrogens (tertiary/aromatic N) is 1. The molecule has 5 nitrogen and oxygen atoms in total. The first-order chi connectivity index (χ1) is 6.20. The topological polar surface area (TPSA) is 93.4 Å². The number of carbonyl (C=O) groups is 1. The van der Waals surface area contributed by atoms with Crippen molar-refractivity contribution in [1.82, 2.24) is 5.32 Å². The van der Waals surface area contributed by atoms with Crippen LogP contribution in [-0.2, 0) is 0 Å². The van der Waals surface area contributed by atoms with Crippen molar-refractivity contribution in [2.45, 2.75) is 18.9 Å². The van der Waals surface area contributed by atoms with E-state index in [4.69, 9.17) is 15.5 Å². The standard InChI is InChI=1S/C8H12N2O3/c9-5-3-1-2-4-7(6-11)10-8(12)13/h1,3,7,10-11H,2,4,6H2,(H,12,13)/b3-1+. The second-order valence-electron chi connectivity index (χ2n) is 2.44. The SMILES string of the molecule is N#C/C=C/CCC(CO)NC(=O)O. The zero-order valence-corrected chi connectivity index (χ0v) is 7.10. The van der Waals surface area contributed by atoms with Crippen LogP contribution in [0.3, 0.4) is 0 Å². The summed E-state index contributed by atoms with van der Waals surface area (Å²) in [6, 6.07) is 1.36. The Hall–Kier alpha value is -1.54. The van der Waals surface area contributed by atoms with Gasteiger partial charge in [0.2, 0.25) is 0 Å². The maximum absolute atomic E-state index is 10.2. The van der Waals surface area contributed by atoms with Crippen molar-refractivity contribution in [2.24, 2.45) is 0 Å². The van der Waals surface area contributed by atoms with E-state index in [1.807, 2.05) is 6.07 Å². The minimum atomic E-state index is -1.15. The maximum Gasteiger partial charge on any atom is 0.404 e. The Kier molecular flexibility index (Phi) is 6.28. The molecule has 1 atom stereocenters. The number of nitrogens with one attached hydrogen (secondary N) is 1. The molecule has 0 aliphatic heterocycles. The van der Waals surface area contributed by atoms with Crippen LogP contribution in [0.5, 0.6) is 0 Å². The van der Waals surface area contributed by atoms with E-state index < -0.39 is 12.1 Å². The third kappa shape index (κ3) is 6.84. The van der Waals surface area contributed by atoms with Gasteiger partial charge in [-0.05, 0) is 12.8 Å². The van der Waals surface area contributed by atoms with Crippen LogP contribution >= 0.6 is 0 Å². The maximum atomic E-state index is 10.2. The van der Waals surface area contributed by atoms with E-state index in [2.05, 4.69) is 5.32 Å². The lowest BCUT2D eigenvalue weighted by Gasteiger charge is -2.11. The molecule has 0 saturated carbocycles. The average Bonchev–Trinajstić information content (AvgIpc) is 2.09. The molecular weight excluding hydrogens is 172 g/mol. The molecule has 3 N–H and O–H groups in total. The largest absolute Gasteiger partial charge is 0.465 e. The number of aliphatic hydroxyl groups excluding tert-OH is 1. The Labute approximate surface area is 76.3 Å². The Balaban J connectivity index is 3.67. The molecule has 13 heavy (non-hydrogen) atoms. The molecule has 0 aromatic rings. The van der Waals surface area contributed by atoms with Gasteiger partial charge < -0.3 is 15.5 Å². The second-order valence-corrected chi connectivity index (χ2v) is 2.44. The highest BCUT2D eigenvalue weighted by Gasteiger charge is 2.07. The van der Waals surface area contributed by atoms with Crippen molar-refractivity contribution in [1.29, 1.82) is 5.26 Å². The van der Waals surface area contributed by atoms with Crippen LogP contribution in [0, 0.1) is 11.3 Å². The smallest absolute Gasteiger partial charge is 0.404 e. The van der Waals surface area contributed by atoms with Crippen LogP contribution in [-0.4, -0.2) is 29.0 Å². The number of amides is 1. The third-order valence-corrected chi connectivity index (χ3v) is 1.42. The number of allylic oxidation sites excluding steroid dienone is 2. The summed E-state index contributed by atoms with van der Waals surface area (Å²) in [6.07, 6.45) is 2.87. The van der Waals surface area contributed by atoms with Gasteiger partial charge in [-0.1, -0.05) is 6.08 Å².